The second-order valence-electron chi connectivity index (χ2n) is 5.67. The van der Waals surface area contributed by atoms with Gasteiger partial charge in [0.1, 0.15) is 4.90 Å². The van der Waals surface area contributed by atoms with Crippen LogP contribution in [0.2, 0.25) is 0 Å². The third-order valence-corrected chi connectivity index (χ3v) is 3.70. The summed E-state index contributed by atoms with van der Waals surface area (Å²) in [4.78, 5) is -1.82. The maximum Gasteiger partial charge on any atom is 0.310 e. The van der Waals surface area contributed by atoms with Crippen molar-refractivity contribution in [1.82, 2.24) is 0 Å². The zero-order chi connectivity index (χ0) is 14.3. The Bertz CT molecular complexity index is 424. The third-order valence-electron chi connectivity index (χ3n) is 2.53. The van der Waals surface area contributed by atoms with Crippen LogP contribution in [-0.2, 0) is 6.42 Å². The zero-order valence-electron chi connectivity index (χ0n) is 10.5. The van der Waals surface area contributed by atoms with Crippen molar-refractivity contribution in [2.45, 2.75) is 38.5 Å². The van der Waals surface area contributed by atoms with E-state index in [-0.39, 0.29) is 5.41 Å². The highest BCUT2D eigenvalue weighted by molar-refractivity contribution is 8.45. The van der Waals surface area contributed by atoms with Crippen molar-refractivity contribution in [3.05, 3.63) is 29.8 Å². The van der Waals surface area contributed by atoms with Crippen molar-refractivity contribution in [1.29, 1.82) is 0 Å². The monoisotopic (exact) mass is 288 g/mol. The number of halogens is 5. The van der Waals surface area contributed by atoms with E-state index in [9.17, 15) is 19.4 Å². The highest BCUT2D eigenvalue weighted by Crippen LogP contribution is 3.02. The Hall–Kier alpha value is -0.780. The van der Waals surface area contributed by atoms with Gasteiger partial charge < -0.3 is 0 Å². The molecule has 0 saturated heterocycles. The molecule has 0 bridgehead atoms. The zero-order valence-corrected chi connectivity index (χ0v) is 11.3. The molecule has 0 heterocycles. The Balaban J connectivity index is 2.89. The third kappa shape index (κ3) is 4.84. The van der Waals surface area contributed by atoms with Gasteiger partial charge in [-0.3, -0.25) is 0 Å². The Morgan fingerprint density at radius 3 is 1.67 bits per heavy atom. The Labute approximate surface area is 104 Å². The number of hydrogen-bond acceptors (Lipinski definition) is 0. The van der Waals surface area contributed by atoms with E-state index in [0.29, 0.717) is 24.1 Å². The summed E-state index contributed by atoms with van der Waals surface area (Å²) < 4.78 is 62.3. The highest BCUT2D eigenvalue weighted by Gasteiger charge is 2.65. The minimum absolute atomic E-state index is 0.0543. The van der Waals surface area contributed by atoms with Gasteiger partial charge in [0.25, 0.3) is 0 Å². The van der Waals surface area contributed by atoms with Crippen LogP contribution < -0.4 is 0 Å². The van der Waals surface area contributed by atoms with E-state index < -0.39 is 15.1 Å². The molecule has 0 spiro atoms. The summed E-state index contributed by atoms with van der Waals surface area (Å²) in [7, 11) is -9.52. The quantitative estimate of drug-likeness (QED) is 0.571. The molecular weight excluding hydrogens is 271 g/mol. The van der Waals surface area contributed by atoms with Gasteiger partial charge in [0.2, 0.25) is 0 Å². The number of aryl methyl sites for hydroxylation is 1. The summed E-state index contributed by atoms with van der Waals surface area (Å²) in [5.74, 6) is 0. The van der Waals surface area contributed by atoms with E-state index in [1.54, 1.807) is 0 Å². The first kappa shape index (κ1) is 15.3. The number of hydrogen-bond donors (Lipinski definition) is 0. The van der Waals surface area contributed by atoms with Crippen LogP contribution in [0.15, 0.2) is 29.2 Å². The molecule has 0 aromatic heterocycles. The van der Waals surface area contributed by atoms with Gasteiger partial charge in [0, 0.05) is 0 Å². The summed E-state index contributed by atoms with van der Waals surface area (Å²) in [5, 5.41) is 0. The first-order valence-corrected chi connectivity index (χ1v) is 7.46. The lowest BCUT2D eigenvalue weighted by molar-refractivity contribution is 0.363. The average molecular weight is 288 g/mol. The maximum atomic E-state index is 12.5. The minimum Gasteiger partial charge on any atom is -0.0936 e. The molecule has 0 radical (unpaired) electrons. The van der Waals surface area contributed by atoms with Gasteiger partial charge in [-0.2, -0.15) is 0 Å². The smallest absolute Gasteiger partial charge is 0.0936 e. The molecule has 0 aliphatic carbocycles. The molecule has 0 N–H and O–H groups in total. The van der Waals surface area contributed by atoms with E-state index >= 15 is 0 Å². The Morgan fingerprint density at radius 1 is 0.889 bits per heavy atom. The molecule has 0 amide bonds. The molecule has 0 unspecified atom stereocenters. The normalized spacial score (nSPS) is 17.1. The lowest BCUT2D eigenvalue weighted by Crippen LogP contribution is -2.08. The Morgan fingerprint density at radius 2 is 1.33 bits per heavy atom. The maximum absolute atomic E-state index is 12.5. The fraction of sp³-hybridized carbons (Fsp3) is 0.500. The molecule has 18 heavy (non-hydrogen) atoms. The second-order valence-corrected chi connectivity index (χ2v) is 8.08. The van der Waals surface area contributed by atoms with Crippen LogP contribution in [0.4, 0.5) is 19.4 Å². The molecule has 106 valence electrons. The van der Waals surface area contributed by atoms with Gasteiger partial charge in [-0.25, -0.2) is 0 Å². The molecule has 0 fully saturated rings. The van der Waals surface area contributed by atoms with Crippen molar-refractivity contribution in [2.24, 2.45) is 5.41 Å². The fourth-order valence-electron chi connectivity index (χ4n) is 1.43. The van der Waals surface area contributed by atoms with Gasteiger partial charge in [0.05, 0.1) is 0 Å². The summed E-state index contributed by atoms with van der Waals surface area (Å²) >= 11 is 0. The lowest BCUT2D eigenvalue weighted by Gasteiger charge is -2.40. The van der Waals surface area contributed by atoms with E-state index in [0.717, 1.165) is 18.6 Å². The largest absolute Gasteiger partial charge is 0.310 e. The van der Waals surface area contributed by atoms with Crippen LogP contribution in [0.25, 0.3) is 0 Å². The first-order chi connectivity index (χ1) is 7.67. The molecule has 0 aliphatic rings. The second kappa shape index (κ2) is 3.62. The molecule has 1 aromatic rings. The van der Waals surface area contributed by atoms with Crippen molar-refractivity contribution >= 4 is 10.2 Å². The van der Waals surface area contributed by atoms with Crippen LogP contribution >= 0.6 is 10.2 Å². The fourth-order valence-corrected chi connectivity index (χ4v) is 2.08. The number of rotatable bonds is 3. The predicted octanol–water partition coefficient (Wildman–Crippen LogP) is 6.32. The summed E-state index contributed by atoms with van der Waals surface area (Å²) in [6.07, 6.45) is 1.35. The predicted molar refractivity (Wildman–Crippen MR) is 65.6 cm³/mol. The van der Waals surface area contributed by atoms with Crippen LogP contribution in [0.5, 0.6) is 0 Å². The van der Waals surface area contributed by atoms with Crippen LogP contribution in [0, 0.1) is 5.41 Å². The molecule has 0 atom stereocenters. The molecule has 1 aromatic carbocycles. The van der Waals surface area contributed by atoms with E-state index in [2.05, 4.69) is 0 Å². The van der Waals surface area contributed by atoms with Gasteiger partial charge in [0.15, 0.2) is 0 Å². The standard InChI is InChI=1S/C12H17F5S/c1-12(2,3)9-8-10-4-6-11(7-5-10)18(13,14,15,16)17/h4-7H,8-9H2,1-3H3. The first-order valence-electron chi connectivity index (χ1n) is 5.50. The molecule has 0 saturated carbocycles. The van der Waals surface area contributed by atoms with Crippen LogP contribution in [0.1, 0.15) is 32.8 Å². The molecular formula is C12H17F5S. The van der Waals surface area contributed by atoms with Crippen LogP contribution in [-0.4, -0.2) is 0 Å². The summed E-state index contributed by atoms with van der Waals surface area (Å²) in [6, 6.07) is 3.19. The van der Waals surface area contributed by atoms with Gasteiger partial charge in [-0.1, -0.05) is 52.3 Å². The van der Waals surface area contributed by atoms with E-state index in [4.69, 9.17) is 0 Å². The van der Waals surface area contributed by atoms with Crippen molar-refractivity contribution in [3.8, 4) is 0 Å². The number of benzene rings is 1. The Kier molecular flexibility index (Phi) is 3.07. The van der Waals surface area contributed by atoms with Crippen molar-refractivity contribution < 1.29 is 19.4 Å². The summed E-state index contributed by atoms with van der Waals surface area (Å²) in [5.41, 5.74) is 0.689. The molecule has 1 rings (SSSR count). The van der Waals surface area contributed by atoms with Crippen molar-refractivity contribution in [3.63, 3.8) is 0 Å². The molecule has 6 heteroatoms. The van der Waals surface area contributed by atoms with Gasteiger partial charge in [-0.05, 0) is 36.0 Å². The van der Waals surface area contributed by atoms with E-state index in [1.807, 2.05) is 20.8 Å². The minimum atomic E-state index is -9.52. The van der Waals surface area contributed by atoms with Crippen molar-refractivity contribution in [2.75, 3.05) is 0 Å². The summed E-state index contributed by atoms with van der Waals surface area (Å²) in [6.45, 7) is 6.03. The topological polar surface area (TPSA) is 0 Å². The van der Waals surface area contributed by atoms with Gasteiger partial charge >= 0.3 is 10.2 Å². The molecule has 0 nitrogen and oxygen atoms in total. The highest BCUT2D eigenvalue weighted by atomic mass is 32.5. The lowest BCUT2D eigenvalue weighted by atomic mass is 9.89. The SMILES string of the molecule is CC(C)(C)CCc1ccc(S(F)(F)(F)(F)F)cc1. The van der Waals surface area contributed by atoms with E-state index in [1.165, 1.54) is 0 Å². The van der Waals surface area contributed by atoms with Crippen LogP contribution in [0.3, 0.4) is 0 Å². The average Bonchev–Trinajstić information content (AvgIpc) is 2.11. The molecule has 0 aliphatic heterocycles. The van der Waals surface area contributed by atoms with Gasteiger partial charge in [-0.15, -0.1) is 0 Å².